The summed E-state index contributed by atoms with van der Waals surface area (Å²) in [6, 6.07) is 3.39. The number of H-pyrrole nitrogens is 1. The van der Waals surface area contributed by atoms with Gasteiger partial charge in [0.2, 0.25) is 5.91 Å². The Kier molecular flexibility index (Phi) is 6.51. The standard InChI is InChI=1S/C17H21N5O3S2/c18-14-13(19-15(24)11-6-5-9-26-11)16(25)21-17(20-14)27-10-12(23)22-7-3-1-2-4-8-22/h5-6,9H,1-4,7-8,10H2,(H,19,24)(H3,18,20,21,25). The van der Waals surface area contributed by atoms with E-state index in [1.54, 1.807) is 17.5 Å². The Balaban J connectivity index is 1.63. The molecule has 1 aliphatic rings. The van der Waals surface area contributed by atoms with Gasteiger partial charge in [0.05, 0.1) is 10.6 Å². The Bertz CT molecular complexity index is 858. The van der Waals surface area contributed by atoms with Crippen molar-refractivity contribution < 1.29 is 9.59 Å². The van der Waals surface area contributed by atoms with Gasteiger partial charge in [-0.15, -0.1) is 11.3 Å². The normalized spacial score (nSPS) is 14.6. The van der Waals surface area contributed by atoms with Crippen molar-refractivity contribution in [1.82, 2.24) is 14.9 Å². The summed E-state index contributed by atoms with van der Waals surface area (Å²) in [5.41, 5.74) is 5.21. The van der Waals surface area contributed by atoms with Gasteiger partial charge in [-0.3, -0.25) is 19.4 Å². The molecular formula is C17H21N5O3S2. The highest BCUT2D eigenvalue weighted by molar-refractivity contribution is 7.99. The monoisotopic (exact) mass is 407 g/mol. The van der Waals surface area contributed by atoms with Gasteiger partial charge >= 0.3 is 0 Å². The van der Waals surface area contributed by atoms with Crippen molar-refractivity contribution in [3.63, 3.8) is 0 Å². The second kappa shape index (κ2) is 9.05. The number of hydrogen-bond acceptors (Lipinski definition) is 7. The minimum Gasteiger partial charge on any atom is -0.382 e. The van der Waals surface area contributed by atoms with Crippen LogP contribution in [0, 0.1) is 0 Å². The molecule has 0 radical (unpaired) electrons. The van der Waals surface area contributed by atoms with Crippen LogP contribution in [-0.4, -0.2) is 45.5 Å². The van der Waals surface area contributed by atoms with Crippen LogP contribution in [0.25, 0.3) is 0 Å². The van der Waals surface area contributed by atoms with Gasteiger partial charge < -0.3 is 16.0 Å². The number of nitrogens with zero attached hydrogens (tertiary/aromatic N) is 2. The number of likely N-dealkylation sites (tertiary alicyclic amines) is 1. The zero-order chi connectivity index (χ0) is 19.2. The summed E-state index contributed by atoms with van der Waals surface area (Å²) < 4.78 is 0. The van der Waals surface area contributed by atoms with E-state index in [-0.39, 0.29) is 28.3 Å². The lowest BCUT2D eigenvalue weighted by Gasteiger charge is -2.19. The predicted octanol–water partition coefficient (Wildman–Crippen LogP) is 2.16. The number of nitrogens with one attached hydrogen (secondary N) is 2. The highest BCUT2D eigenvalue weighted by Crippen LogP contribution is 2.19. The molecule has 3 heterocycles. The number of thiophene rings is 1. The Morgan fingerprint density at radius 1 is 1.30 bits per heavy atom. The number of nitrogens with two attached hydrogens (primary N) is 1. The minimum absolute atomic E-state index is 0.0261. The van der Waals surface area contributed by atoms with Crippen LogP contribution >= 0.6 is 23.1 Å². The fourth-order valence-electron chi connectivity index (χ4n) is 2.78. The van der Waals surface area contributed by atoms with Gasteiger partial charge in [-0.25, -0.2) is 4.98 Å². The molecule has 0 bridgehead atoms. The summed E-state index contributed by atoms with van der Waals surface area (Å²) >= 11 is 2.39. The van der Waals surface area contributed by atoms with E-state index in [0.29, 0.717) is 4.88 Å². The first-order valence-corrected chi connectivity index (χ1v) is 10.6. The van der Waals surface area contributed by atoms with Crippen LogP contribution in [-0.2, 0) is 4.79 Å². The summed E-state index contributed by atoms with van der Waals surface area (Å²) in [6.45, 7) is 1.55. The summed E-state index contributed by atoms with van der Waals surface area (Å²) in [5.74, 6) is -0.282. The molecule has 1 aliphatic heterocycles. The van der Waals surface area contributed by atoms with Crippen LogP contribution in [0.4, 0.5) is 11.5 Å². The topological polar surface area (TPSA) is 121 Å². The van der Waals surface area contributed by atoms with Crippen molar-refractivity contribution in [2.45, 2.75) is 30.8 Å². The van der Waals surface area contributed by atoms with Crippen LogP contribution in [0.15, 0.2) is 27.5 Å². The lowest BCUT2D eigenvalue weighted by atomic mass is 10.2. The molecule has 3 rings (SSSR count). The predicted molar refractivity (Wildman–Crippen MR) is 107 cm³/mol. The van der Waals surface area contributed by atoms with E-state index in [0.717, 1.165) is 50.5 Å². The molecule has 1 saturated heterocycles. The van der Waals surface area contributed by atoms with E-state index in [1.165, 1.54) is 11.3 Å². The van der Waals surface area contributed by atoms with E-state index in [9.17, 15) is 14.4 Å². The summed E-state index contributed by atoms with van der Waals surface area (Å²) in [6.07, 6.45) is 4.36. The van der Waals surface area contributed by atoms with E-state index in [2.05, 4.69) is 15.3 Å². The third kappa shape index (κ3) is 5.10. The molecule has 2 aromatic rings. The number of aromatic nitrogens is 2. The fraction of sp³-hybridized carbons (Fsp3) is 0.412. The Morgan fingerprint density at radius 3 is 2.67 bits per heavy atom. The lowest BCUT2D eigenvalue weighted by molar-refractivity contribution is -0.128. The van der Waals surface area contributed by atoms with Crippen molar-refractivity contribution in [1.29, 1.82) is 0 Å². The quantitative estimate of drug-likeness (QED) is 0.516. The van der Waals surface area contributed by atoms with Gasteiger partial charge in [-0.05, 0) is 24.3 Å². The number of carbonyl (C=O) groups is 2. The molecule has 0 atom stereocenters. The molecule has 144 valence electrons. The average Bonchev–Trinajstić information content (AvgIpc) is 3.05. The van der Waals surface area contributed by atoms with E-state index < -0.39 is 11.5 Å². The van der Waals surface area contributed by atoms with Crippen LogP contribution in [0.3, 0.4) is 0 Å². The Hall–Kier alpha value is -2.33. The van der Waals surface area contributed by atoms with Crippen LogP contribution in [0.5, 0.6) is 0 Å². The van der Waals surface area contributed by atoms with E-state index in [1.807, 2.05) is 4.90 Å². The summed E-state index contributed by atoms with van der Waals surface area (Å²) in [4.78, 5) is 45.7. The highest BCUT2D eigenvalue weighted by atomic mass is 32.2. The maximum absolute atomic E-state index is 12.3. The lowest BCUT2D eigenvalue weighted by Crippen LogP contribution is -2.33. The molecule has 0 aromatic carbocycles. The van der Waals surface area contributed by atoms with Crippen LogP contribution in [0.1, 0.15) is 35.4 Å². The minimum atomic E-state index is -0.544. The van der Waals surface area contributed by atoms with Gasteiger partial charge in [0.1, 0.15) is 0 Å². The molecule has 0 unspecified atom stereocenters. The average molecular weight is 408 g/mol. The zero-order valence-corrected chi connectivity index (χ0v) is 16.3. The molecular weight excluding hydrogens is 386 g/mol. The Labute approximate surface area is 164 Å². The number of nitrogen functional groups attached to an aromatic ring is 1. The zero-order valence-electron chi connectivity index (χ0n) is 14.7. The van der Waals surface area contributed by atoms with Crippen molar-refractivity contribution in [3.8, 4) is 0 Å². The third-order valence-electron chi connectivity index (χ3n) is 4.20. The molecule has 4 N–H and O–H groups in total. The Morgan fingerprint density at radius 2 is 2.04 bits per heavy atom. The second-order valence-corrected chi connectivity index (χ2v) is 8.06. The number of thioether (sulfide) groups is 1. The van der Waals surface area contributed by atoms with Crippen LogP contribution in [0.2, 0.25) is 0 Å². The second-order valence-electron chi connectivity index (χ2n) is 6.15. The van der Waals surface area contributed by atoms with Crippen molar-refractivity contribution in [3.05, 3.63) is 32.7 Å². The maximum atomic E-state index is 12.3. The van der Waals surface area contributed by atoms with Crippen LogP contribution < -0.4 is 16.6 Å². The number of rotatable bonds is 5. The molecule has 2 amide bonds. The molecule has 10 heteroatoms. The van der Waals surface area contributed by atoms with Crippen molar-refractivity contribution in [2.75, 3.05) is 29.9 Å². The van der Waals surface area contributed by atoms with Crippen molar-refractivity contribution in [2.24, 2.45) is 0 Å². The molecule has 0 saturated carbocycles. The van der Waals surface area contributed by atoms with Gasteiger partial charge in [0.25, 0.3) is 11.5 Å². The molecule has 27 heavy (non-hydrogen) atoms. The van der Waals surface area contributed by atoms with Crippen molar-refractivity contribution >= 4 is 46.4 Å². The number of hydrogen-bond donors (Lipinski definition) is 3. The van der Waals surface area contributed by atoms with E-state index in [4.69, 9.17) is 5.73 Å². The van der Waals surface area contributed by atoms with Gasteiger partial charge in [-0.1, -0.05) is 30.7 Å². The van der Waals surface area contributed by atoms with Gasteiger partial charge in [0, 0.05) is 13.1 Å². The van der Waals surface area contributed by atoms with E-state index >= 15 is 0 Å². The number of anilines is 2. The largest absolute Gasteiger partial charge is 0.382 e. The number of amides is 2. The first-order chi connectivity index (χ1) is 13.0. The van der Waals surface area contributed by atoms with Gasteiger partial charge in [-0.2, -0.15) is 0 Å². The maximum Gasteiger partial charge on any atom is 0.277 e. The molecule has 0 aliphatic carbocycles. The first kappa shape index (κ1) is 19.4. The number of carbonyl (C=O) groups excluding carboxylic acids is 2. The summed E-state index contributed by atoms with van der Waals surface area (Å²) in [7, 11) is 0. The van der Waals surface area contributed by atoms with Gasteiger partial charge in [0.15, 0.2) is 16.7 Å². The highest BCUT2D eigenvalue weighted by Gasteiger charge is 2.18. The summed E-state index contributed by atoms with van der Waals surface area (Å²) in [5, 5.41) is 4.51. The smallest absolute Gasteiger partial charge is 0.277 e. The number of aromatic amines is 1. The molecule has 8 nitrogen and oxygen atoms in total. The molecule has 0 spiro atoms. The third-order valence-corrected chi connectivity index (χ3v) is 5.93. The SMILES string of the molecule is Nc1nc(SCC(=O)N2CCCCCC2)[nH]c(=O)c1NC(=O)c1cccs1. The molecule has 1 fully saturated rings. The fourth-order valence-corrected chi connectivity index (χ4v) is 4.17. The first-order valence-electron chi connectivity index (χ1n) is 8.70. The molecule has 2 aromatic heterocycles.